The highest BCUT2D eigenvalue weighted by atomic mass is 32.2. The van der Waals surface area contributed by atoms with Gasteiger partial charge in [-0.3, -0.25) is 13.8 Å². The third kappa shape index (κ3) is 11.9. The lowest BCUT2D eigenvalue weighted by molar-refractivity contribution is -0.117. The molecule has 0 fully saturated rings. The number of methoxy groups -OCH3 is 2. The number of aromatic nitrogens is 2. The summed E-state index contributed by atoms with van der Waals surface area (Å²) >= 11 is 0. The number of benzene rings is 2. The third-order valence-electron chi connectivity index (χ3n) is 9.72. The van der Waals surface area contributed by atoms with Crippen LogP contribution in [-0.4, -0.2) is 66.9 Å². The van der Waals surface area contributed by atoms with Crippen molar-refractivity contribution in [3.05, 3.63) is 66.0 Å². The van der Waals surface area contributed by atoms with E-state index in [2.05, 4.69) is 22.2 Å². The fourth-order valence-electron chi connectivity index (χ4n) is 6.68. The van der Waals surface area contributed by atoms with Gasteiger partial charge in [-0.2, -0.15) is 11.0 Å². The zero-order valence-electron chi connectivity index (χ0n) is 32.3. The average Bonchev–Trinajstić information content (AvgIpc) is 3.67. The Morgan fingerprint density at radius 3 is 1.98 bits per heavy atom. The first-order valence-electron chi connectivity index (χ1n) is 19.4. The molecule has 0 bridgehead atoms. The predicted molar refractivity (Wildman–Crippen MR) is 211 cm³/mol. The number of nitrogens with two attached hydrogens (primary N) is 1. The first-order chi connectivity index (χ1) is 26.7. The SMILES string of the molecule is CCCCCCCCCCCCCCCCCCN1C(C(C(=O)Nc2cc(C(=O)ON)ccc2OC)n2cc(C(=O)OC)cn2)=Nc2ccccc2S1(=O)=O. The van der Waals surface area contributed by atoms with Crippen molar-refractivity contribution in [1.82, 2.24) is 14.1 Å². The number of nitrogens with zero attached hydrogens (tertiary/aromatic N) is 4. The van der Waals surface area contributed by atoms with E-state index in [0.717, 1.165) is 34.7 Å². The van der Waals surface area contributed by atoms with Crippen LogP contribution < -0.4 is 16.0 Å². The maximum atomic E-state index is 14.4. The van der Waals surface area contributed by atoms with Crippen LogP contribution in [0.3, 0.4) is 0 Å². The second kappa shape index (κ2) is 22.0. The molecule has 1 aliphatic rings. The van der Waals surface area contributed by atoms with Crippen LogP contribution in [0.15, 0.2) is 64.7 Å². The molecule has 0 aliphatic carbocycles. The van der Waals surface area contributed by atoms with Crippen LogP contribution >= 0.6 is 0 Å². The minimum Gasteiger partial charge on any atom is -0.495 e. The summed E-state index contributed by atoms with van der Waals surface area (Å²) in [5, 5.41) is 7.01. The number of hydrogen-bond acceptors (Lipinski definition) is 11. The highest BCUT2D eigenvalue weighted by molar-refractivity contribution is 7.90. The number of carbonyl (C=O) groups is 3. The first kappa shape index (κ1) is 43.0. The maximum Gasteiger partial charge on any atom is 0.356 e. The maximum absolute atomic E-state index is 14.4. The molecule has 0 saturated carbocycles. The molecule has 1 atom stereocenters. The van der Waals surface area contributed by atoms with Gasteiger partial charge in [0.1, 0.15) is 10.6 Å². The lowest BCUT2D eigenvalue weighted by Crippen LogP contribution is -2.47. The Kier molecular flexibility index (Phi) is 17.2. The Balaban J connectivity index is 1.49. The van der Waals surface area contributed by atoms with E-state index in [-0.39, 0.29) is 45.5 Å². The topological polar surface area (TPSA) is 185 Å². The molecule has 15 heteroatoms. The number of para-hydroxylation sites is 1. The van der Waals surface area contributed by atoms with Gasteiger partial charge in [0, 0.05) is 12.7 Å². The highest BCUT2D eigenvalue weighted by Crippen LogP contribution is 2.36. The second-order valence-electron chi connectivity index (χ2n) is 13.7. The summed E-state index contributed by atoms with van der Waals surface area (Å²) < 4.78 is 41.1. The van der Waals surface area contributed by atoms with Crippen LogP contribution in [0.2, 0.25) is 0 Å². The van der Waals surface area contributed by atoms with E-state index in [0.29, 0.717) is 6.42 Å². The van der Waals surface area contributed by atoms with Crippen LogP contribution in [0.25, 0.3) is 0 Å². The zero-order valence-corrected chi connectivity index (χ0v) is 33.2. The Morgan fingerprint density at radius 2 is 1.40 bits per heavy atom. The van der Waals surface area contributed by atoms with Crippen LogP contribution in [0.1, 0.15) is 136 Å². The number of unbranched alkanes of at least 4 members (excludes halogenated alkanes) is 15. The van der Waals surface area contributed by atoms with Gasteiger partial charge in [-0.25, -0.2) is 23.0 Å². The van der Waals surface area contributed by atoms with Gasteiger partial charge in [0.25, 0.3) is 15.9 Å². The minimum absolute atomic E-state index is 0.0137. The number of sulfonamides is 1. The van der Waals surface area contributed by atoms with E-state index in [4.69, 9.17) is 20.4 Å². The van der Waals surface area contributed by atoms with Crippen LogP contribution in [0.5, 0.6) is 5.75 Å². The molecular formula is C40H56N6O8S. The summed E-state index contributed by atoms with van der Waals surface area (Å²) in [5.74, 6) is 2.84. The summed E-state index contributed by atoms with van der Waals surface area (Å²) in [6.07, 6.45) is 21.3. The average molecular weight is 781 g/mol. The molecule has 0 saturated heterocycles. The Labute approximate surface area is 324 Å². The monoisotopic (exact) mass is 780 g/mol. The van der Waals surface area contributed by atoms with E-state index >= 15 is 0 Å². The Bertz CT molecular complexity index is 1860. The normalized spacial score (nSPS) is 13.7. The lowest BCUT2D eigenvalue weighted by Gasteiger charge is -2.33. The van der Waals surface area contributed by atoms with Gasteiger partial charge in [-0.05, 0) is 36.8 Å². The van der Waals surface area contributed by atoms with E-state index in [9.17, 15) is 22.8 Å². The molecule has 2 aromatic carbocycles. The molecule has 1 aromatic heterocycles. The summed E-state index contributed by atoms with van der Waals surface area (Å²) in [6, 6.07) is 8.99. The van der Waals surface area contributed by atoms with Gasteiger partial charge in [0.15, 0.2) is 11.9 Å². The number of amides is 1. The van der Waals surface area contributed by atoms with Crippen LogP contribution in [-0.2, 0) is 24.4 Å². The number of anilines is 1. The van der Waals surface area contributed by atoms with Gasteiger partial charge >= 0.3 is 11.9 Å². The Morgan fingerprint density at radius 1 is 0.800 bits per heavy atom. The molecule has 1 amide bonds. The van der Waals surface area contributed by atoms with Gasteiger partial charge in [0.2, 0.25) is 0 Å². The number of aliphatic imine (C=N–C) groups is 1. The zero-order chi connectivity index (χ0) is 39.6. The van der Waals surface area contributed by atoms with E-state index in [1.807, 2.05) is 0 Å². The van der Waals surface area contributed by atoms with Crippen molar-refractivity contribution in [1.29, 1.82) is 0 Å². The molecule has 0 radical (unpaired) electrons. The highest BCUT2D eigenvalue weighted by Gasteiger charge is 2.41. The quantitative estimate of drug-likeness (QED) is 0.0515. The molecule has 4 rings (SSSR count). The standard InChI is InChI=1S/C40H56N6O8S/c1-4-5-6-7-8-9-10-11-12-13-14-15-16-17-18-21-26-46-37(43-32-22-19-20-23-35(32)55(46,50)51)36(45-29-31(28-42-45)39(48)53-3)38(47)44-33-27-30(40(49)54-41)24-25-34(33)52-2/h19-20,22-25,27-29,36H,4-18,21,26,41H2,1-3H3,(H,44,47). The first-order valence-corrected chi connectivity index (χ1v) is 20.8. The fraction of sp³-hybridized carbons (Fsp3) is 0.525. The molecule has 2 heterocycles. The summed E-state index contributed by atoms with van der Waals surface area (Å²) in [6.45, 7) is 2.31. The van der Waals surface area contributed by atoms with Crippen molar-refractivity contribution in [3.63, 3.8) is 0 Å². The molecule has 300 valence electrons. The molecule has 1 aliphatic heterocycles. The number of esters is 1. The number of carbonyl (C=O) groups excluding carboxylic acids is 3. The van der Waals surface area contributed by atoms with Crippen molar-refractivity contribution in [2.75, 3.05) is 26.1 Å². The molecule has 55 heavy (non-hydrogen) atoms. The number of amidine groups is 1. The molecule has 14 nitrogen and oxygen atoms in total. The summed E-state index contributed by atoms with van der Waals surface area (Å²) in [5.41, 5.74) is 0.294. The van der Waals surface area contributed by atoms with E-state index in [1.54, 1.807) is 18.2 Å². The number of nitrogens with one attached hydrogen (secondary N) is 1. The number of rotatable bonds is 24. The van der Waals surface area contributed by atoms with Crippen molar-refractivity contribution in [2.45, 2.75) is 121 Å². The minimum atomic E-state index is -4.17. The second-order valence-corrected chi connectivity index (χ2v) is 15.6. The van der Waals surface area contributed by atoms with Crippen molar-refractivity contribution in [2.24, 2.45) is 10.9 Å². The number of fused-ring (bicyclic) bond motifs is 1. The van der Waals surface area contributed by atoms with Crippen molar-refractivity contribution < 1.29 is 37.1 Å². The lowest BCUT2D eigenvalue weighted by atomic mass is 10.0. The van der Waals surface area contributed by atoms with Gasteiger partial charge in [-0.15, -0.1) is 0 Å². The molecular weight excluding hydrogens is 725 g/mol. The van der Waals surface area contributed by atoms with Gasteiger partial charge in [-0.1, -0.05) is 115 Å². The van der Waals surface area contributed by atoms with Gasteiger partial charge < -0.3 is 19.6 Å². The van der Waals surface area contributed by atoms with E-state index in [1.165, 1.54) is 122 Å². The largest absolute Gasteiger partial charge is 0.495 e. The molecule has 3 N–H and O–H groups in total. The number of ether oxygens (including phenoxy) is 2. The van der Waals surface area contributed by atoms with Crippen LogP contribution in [0, 0.1) is 0 Å². The van der Waals surface area contributed by atoms with Crippen molar-refractivity contribution >= 4 is 45.1 Å². The third-order valence-corrected chi connectivity index (χ3v) is 11.6. The number of hydrogen-bond donors (Lipinski definition) is 2. The summed E-state index contributed by atoms with van der Waals surface area (Å²) in [4.78, 5) is 48.1. The molecule has 1 unspecified atom stereocenters. The summed E-state index contributed by atoms with van der Waals surface area (Å²) in [7, 11) is -1.58. The van der Waals surface area contributed by atoms with E-state index < -0.39 is 33.9 Å². The van der Waals surface area contributed by atoms with Crippen molar-refractivity contribution in [3.8, 4) is 5.75 Å². The molecule has 0 spiro atoms. The fourth-order valence-corrected chi connectivity index (χ4v) is 8.31. The predicted octanol–water partition coefficient (Wildman–Crippen LogP) is 7.88. The molecule has 3 aromatic rings. The van der Waals surface area contributed by atoms with Gasteiger partial charge in [0.05, 0.1) is 42.9 Å². The Hall–Kier alpha value is -4.76. The van der Waals surface area contributed by atoms with Crippen LogP contribution in [0.4, 0.5) is 11.4 Å². The smallest absolute Gasteiger partial charge is 0.356 e.